The van der Waals surface area contributed by atoms with Crippen LogP contribution in [0.5, 0.6) is 5.75 Å². The van der Waals surface area contributed by atoms with E-state index >= 15 is 0 Å². The lowest BCUT2D eigenvalue weighted by atomic mass is 10.2. The lowest BCUT2D eigenvalue weighted by molar-refractivity contribution is 0.0977. The predicted molar refractivity (Wildman–Crippen MR) is 132 cm³/mol. The van der Waals surface area contributed by atoms with E-state index < -0.39 is 0 Å². The predicted octanol–water partition coefficient (Wildman–Crippen LogP) is 5.69. The van der Waals surface area contributed by atoms with Crippen LogP contribution in [-0.4, -0.2) is 21.1 Å². The Morgan fingerprint density at radius 1 is 1.13 bits per heavy atom. The Bertz CT molecular complexity index is 1290. The Kier molecular flexibility index (Phi) is 6.02. The van der Waals surface area contributed by atoms with Crippen LogP contribution in [0, 0.1) is 3.57 Å². The summed E-state index contributed by atoms with van der Waals surface area (Å²) in [5.74, 6) is 0.285. The number of halogens is 2. The lowest BCUT2D eigenvalue weighted by Gasteiger charge is -2.09. The molecule has 1 aromatic heterocycles. The summed E-state index contributed by atoms with van der Waals surface area (Å²) in [4.78, 5) is 16.8. The summed E-state index contributed by atoms with van der Waals surface area (Å²) in [6, 6.07) is 17.6. The molecule has 0 aliphatic heterocycles. The number of hydrogen-bond donors (Lipinski definition) is 3. The van der Waals surface area contributed by atoms with Gasteiger partial charge in [0, 0.05) is 20.4 Å². The topological polar surface area (TPSA) is 87.4 Å². The number of nitrogens with one attached hydrogen (secondary N) is 2. The van der Waals surface area contributed by atoms with E-state index in [1.54, 1.807) is 48.5 Å². The van der Waals surface area contributed by atoms with Crippen LogP contribution >= 0.6 is 50.7 Å². The number of nitrogens with zero attached hydrogens (tertiary/aromatic N) is 1. The summed E-state index contributed by atoms with van der Waals surface area (Å²) in [7, 11) is 0. The molecule has 3 aromatic carbocycles. The second-order valence-electron chi connectivity index (χ2n) is 6.29. The SMILES string of the molecule is O=C(NC(=S)Nc1ccc2oc(-c3ccc(O)c(Br)c3)nc2c1)c1cccc(I)c1. The van der Waals surface area contributed by atoms with E-state index in [0.717, 1.165) is 9.13 Å². The third-order valence-electron chi connectivity index (χ3n) is 4.15. The molecule has 0 saturated heterocycles. The summed E-state index contributed by atoms with van der Waals surface area (Å²) < 4.78 is 7.32. The van der Waals surface area contributed by atoms with Crippen molar-refractivity contribution in [2.24, 2.45) is 0 Å². The van der Waals surface area contributed by atoms with Gasteiger partial charge in [0.2, 0.25) is 5.89 Å². The number of phenols is 1. The smallest absolute Gasteiger partial charge is 0.257 e. The molecule has 0 atom stereocenters. The van der Waals surface area contributed by atoms with E-state index in [9.17, 15) is 9.90 Å². The molecule has 0 aliphatic rings. The Morgan fingerprint density at radius 2 is 1.97 bits per heavy atom. The van der Waals surface area contributed by atoms with Crippen LogP contribution in [0.15, 0.2) is 69.6 Å². The number of fused-ring (bicyclic) bond motifs is 1. The molecular formula is C21H13BrIN3O3S. The van der Waals surface area contributed by atoms with Gasteiger partial charge in [0.25, 0.3) is 5.91 Å². The zero-order chi connectivity index (χ0) is 21.3. The first kappa shape index (κ1) is 20.8. The summed E-state index contributed by atoms with van der Waals surface area (Å²) >= 11 is 10.7. The Hall–Kier alpha value is -2.50. The molecule has 0 unspecified atom stereocenters. The number of anilines is 1. The minimum absolute atomic E-state index is 0.141. The third kappa shape index (κ3) is 4.63. The molecular weight excluding hydrogens is 581 g/mol. The van der Waals surface area contributed by atoms with E-state index in [1.807, 2.05) is 12.1 Å². The van der Waals surface area contributed by atoms with Crippen molar-refractivity contribution in [3.8, 4) is 17.2 Å². The van der Waals surface area contributed by atoms with E-state index in [1.165, 1.54) is 0 Å². The number of carbonyl (C=O) groups is 1. The molecule has 1 heterocycles. The van der Waals surface area contributed by atoms with Gasteiger partial charge >= 0.3 is 0 Å². The van der Waals surface area contributed by atoms with Gasteiger partial charge in [-0.1, -0.05) is 6.07 Å². The van der Waals surface area contributed by atoms with E-state index in [0.29, 0.717) is 32.7 Å². The van der Waals surface area contributed by atoms with Crippen LogP contribution in [0.1, 0.15) is 10.4 Å². The molecule has 150 valence electrons. The van der Waals surface area contributed by atoms with Gasteiger partial charge in [0.15, 0.2) is 10.7 Å². The fraction of sp³-hybridized carbons (Fsp3) is 0. The largest absolute Gasteiger partial charge is 0.507 e. The maximum Gasteiger partial charge on any atom is 0.257 e. The molecule has 4 aromatic rings. The van der Waals surface area contributed by atoms with Gasteiger partial charge in [-0.2, -0.15) is 0 Å². The van der Waals surface area contributed by atoms with Gasteiger partial charge in [-0.15, -0.1) is 0 Å². The Balaban J connectivity index is 1.50. The molecule has 9 heteroatoms. The maximum atomic E-state index is 12.3. The zero-order valence-corrected chi connectivity index (χ0v) is 19.7. The average Bonchev–Trinajstić information content (AvgIpc) is 3.13. The number of oxazole rings is 1. The van der Waals surface area contributed by atoms with Gasteiger partial charge in [-0.05, 0) is 105 Å². The molecule has 4 rings (SSSR count). The van der Waals surface area contributed by atoms with Crippen molar-refractivity contribution in [1.29, 1.82) is 0 Å². The number of rotatable bonds is 3. The van der Waals surface area contributed by atoms with E-state index in [-0.39, 0.29) is 16.8 Å². The molecule has 0 saturated carbocycles. The summed E-state index contributed by atoms with van der Waals surface area (Å²) in [6.07, 6.45) is 0. The number of hydrogen-bond acceptors (Lipinski definition) is 5. The summed E-state index contributed by atoms with van der Waals surface area (Å²) in [5.41, 5.74) is 3.16. The van der Waals surface area contributed by atoms with Crippen LogP contribution in [0.3, 0.4) is 0 Å². The summed E-state index contributed by atoms with van der Waals surface area (Å²) in [5, 5.41) is 15.5. The van der Waals surface area contributed by atoms with Crippen molar-refractivity contribution >= 4 is 78.5 Å². The monoisotopic (exact) mass is 593 g/mol. The number of amides is 1. The minimum atomic E-state index is -0.284. The number of aromatic hydroxyl groups is 1. The number of phenolic OH excluding ortho intramolecular Hbond substituents is 1. The molecule has 0 bridgehead atoms. The van der Waals surface area contributed by atoms with Gasteiger partial charge < -0.3 is 14.8 Å². The van der Waals surface area contributed by atoms with Crippen molar-refractivity contribution in [1.82, 2.24) is 10.3 Å². The number of aromatic nitrogens is 1. The van der Waals surface area contributed by atoms with Crippen LogP contribution in [-0.2, 0) is 0 Å². The first-order valence-electron chi connectivity index (χ1n) is 8.66. The molecule has 1 amide bonds. The number of carbonyl (C=O) groups excluding carboxylic acids is 1. The molecule has 3 N–H and O–H groups in total. The fourth-order valence-corrected chi connectivity index (χ4v) is 3.87. The normalized spacial score (nSPS) is 10.7. The van der Waals surface area contributed by atoms with Crippen LogP contribution in [0.4, 0.5) is 5.69 Å². The Morgan fingerprint density at radius 3 is 2.73 bits per heavy atom. The summed E-state index contributed by atoms with van der Waals surface area (Å²) in [6.45, 7) is 0. The van der Waals surface area contributed by atoms with Crippen molar-refractivity contribution in [2.75, 3.05) is 5.32 Å². The number of thiocarbonyl (C=S) groups is 1. The van der Waals surface area contributed by atoms with Crippen LogP contribution in [0.2, 0.25) is 0 Å². The molecule has 0 fully saturated rings. The highest BCUT2D eigenvalue weighted by atomic mass is 127. The van der Waals surface area contributed by atoms with Crippen molar-refractivity contribution < 1.29 is 14.3 Å². The number of benzene rings is 3. The van der Waals surface area contributed by atoms with Gasteiger partial charge in [-0.3, -0.25) is 10.1 Å². The third-order valence-corrected chi connectivity index (χ3v) is 5.66. The van der Waals surface area contributed by atoms with Crippen molar-refractivity contribution in [3.05, 3.63) is 74.3 Å². The molecule has 0 spiro atoms. The van der Waals surface area contributed by atoms with Crippen LogP contribution < -0.4 is 10.6 Å². The highest BCUT2D eigenvalue weighted by molar-refractivity contribution is 14.1. The highest BCUT2D eigenvalue weighted by Crippen LogP contribution is 2.31. The minimum Gasteiger partial charge on any atom is -0.507 e. The van der Waals surface area contributed by atoms with E-state index in [2.05, 4.69) is 54.1 Å². The first-order chi connectivity index (χ1) is 14.4. The molecule has 0 radical (unpaired) electrons. The Labute approximate surface area is 199 Å². The average molecular weight is 594 g/mol. The van der Waals surface area contributed by atoms with Gasteiger partial charge in [-0.25, -0.2) is 4.98 Å². The second kappa shape index (κ2) is 8.70. The van der Waals surface area contributed by atoms with Gasteiger partial charge in [0.05, 0.1) is 4.47 Å². The van der Waals surface area contributed by atoms with Crippen molar-refractivity contribution in [2.45, 2.75) is 0 Å². The van der Waals surface area contributed by atoms with E-state index in [4.69, 9.17) is 16.6 Å². The quantitative estimate of drug-likeness (QED) is 0.209. The maximum absolute atomic E-state index is 12.3. The zero-order valence-electron chi connectivity index (χ0n) is 15.1. The fourth-order valence-electron chi connectivity index (χ4n) is 2.74. The second-order valence-corrected chi connectivity index (χ2v) is 8.79. The molecule has 0 aliphatic carbocycles. The molecule has 6 nitrogen and oxygen atoms in total. The first-order valence-corrected chi connectivity index (χ1v) is 10.9. The van der Waals surface area contributed by atoms with Crippen LogP contribution in [0.25, 0.3) is 22.6 Å². The highest BCUT2D eigenvalue weighted by Gasteiger charge is 2.12. The van der Waals surface area contributed by atoms with Gasteiger partial charge in [0.1, 0.15) is 11.3 Å². The molecule has 30 heavy (non-hydrogen) atoms. The standard InChI is InChI=1S/C21H13BrIN3O3S/c22-15-9-12(4-6-17(15)27)20-25-16-10-14(5-7-18(16)29-20)24-21(30)26-19(28)11-2-1-3-13(23)8-11/h1-10,27H,(H2,24,26,28,30). The lowest BCUT2D eigenvalue weighted by Crippen LogP contribution is -2.34. The van der Waals surface area contributed by atoms with Crippen molar-refractivity contribution in [3.63, 3.8) is 0 Å².